The molecule has 2 bridgehead atoms. The zero-order chi connectivity index (χ0) is 33.2. The van der Waals surface area contributed by atoms with Crippen molar-refractivity contribution in [2.45, 2.75) is 50.2 Å². The topological polar surface area (TPSA) is 12.5 Å². The van der Waals surface area contributed by atoms with Gasteiger partial charge in [-0.2, -0.15) is 0 Å². The lowest BCUT2D eigenvalue weighted by molar-refractivity contribution is -0.0112. The summed E-state index contributed by atoms with van der Waals surface area (Å²) in [7, 11) is 0.870. The minimum absolute atomic E-state index is 0.479. The van der Waals surface area contributed by atoms with Crippen molar-refractivity contribution >= 4 is 0 Å². The first-order chi connectivity index (χ1) is 18.3. The molecule has 1 unspecified atom stereocenters. The van der Waals surface area contributed by atoms with Crippen LogP contribution in [0.25, 0.3) is 0 Å². The molecule has 1 aromatic rings. The normalized spacial score (nSPS) is 78.7. The molecular formula is C19H27NO. The van der Waals surface area contributed by atoms with Gasteiger partial charge in [0, 0.05) is 36.1 Å². The van der Waals surface area contributed by atoms with E-state index in [-0.39, 0.29) is 0 Å². The maximum atomic E-state index is 9.69. The van der Waals surface area contributed by atoms with Crippen molar-refractivity contribution in [2.75, 3.05) is 20.6 Å². The summed E-state index contributed by atoms with van der Waals surface area (Å²) >= 11 is 0. The van der Waals surface area contributed by atoms with Crippen LogP contribution in [0.1, 0.15) is 72.3 Å². The molecule has 1 heterocycles. The number of hydrogen-bond donors (Lipinski definition) is 0. The number of likely N-dealkylation sites (tertiary alicyclic amines) is 1. The second kappa shape index (κ2) is 4.74. The molecule has 1 saturated carbocycles. The van der Waals surface area contributed by atoms with E-state index >= 15 is 0 Å². The lowest BCUT2D eigenvalue weighted by Crippen LogP contribution is -2.60. The number of benzene rings is 1. The molecule has 2 nitrogen and oxygen atoms in total. The predicted octanol–water partition coefficient (Wildman–Crippen LogP) is 3.63. The molecule has 0 amide bonds. The van der Waals surface area contributed by atoms with Gasteiger partial charge in [0.1, 0.15) is 5.75 Å². The Morgan fingerprint density at radius 1 is 1.52 bits per heavy atom. The molecule has 4 rings (SSSR count). The fourth-order valence-electron chi connectivity index (χ4n) is 2.55. The maximum Gasteiger partial charge on any atom is 0.119 e. The second-order valence-electron chi connectivity index (χ2n) is 4.83. The van der Waals surface area contributed by atoms with Gasteiger partial charge in [0.15, 0.2) is 0 Å². The van der Waals surface area contributed by atoms with Gasteiger partial charge < -0.3 is 9.64 Å². The molecule has 1 aromatic carbocycles. The summed E-state index contributed by atoms with van der Waals surface area (Å²) in [6.07, 6.45) is -20.6. The molecule has 1 saturated heterocycles. The molecule has 21 heavy (non-hydrogen) atoms. The molecule has 2 aliphatic carbocycles. The highest BCUT2D eigenvalue weighted by Gasteiger charge is 2.54. The van der Waals surface area contributed by atoms with Gasteiger partial charge in [0.05, 0.1) is 11.2 Å². The minimum Gasteiger partial charge on any atom is -0.497 e. The summed E-state index contributed by atoms with van der Waals surface area (Å²) in [4.78, 5) is -0.719. The first-order valence-corrected chi connectivity index (χ1v) is 6.28. The van der Waals surface area contributed by atoms with E-state index in [0.717, 1.165) is 7.11 Å². The Morgan fingerprint density at radius 3 is 3.24 bits per heavy atom. The Kier molecular flexibility index (Phi) is 0.840. The molecule has 3 aliphatic rings. The predicted molar refractivity (Wildman–Crippen MR) is 85.9 cm³/mol. The van der Waals surface area contributed by atoms with Gasteiger partial charge in [0.2, 0.25) is 0 Å². The minimum atomic E-state index is -4.33. The van der Waals surface area contributed by atoms with Crippen LogP contribution in [0.15, 0.2) is 18.1 Å². The molecule has 2 heteroatoms. The lowest BCUT2D eigenvalue weighted by atomic mass is 9.51. The van der Waals surface area contributed by atoms with Crippen LogP contribution in [0.2, 0.25) is 0 Å². The van der Waals surface area contributed by atoms with E-state index in [9.17, 15) is 2.74 Å². The lowest BCUT2D eigenvalue weighted by Gasteiger charge is -2.59. The molecule has 0 aromatic heterocycles. The highest BCUT2D eigenvalue weighted by Crippen LogP contribution is 2.56. The van der Waals surface area contributed by atoms with Crippen molar-refractivity contribution in [3.8, 4) is 5.75 Å². The number of fused-ring (bicyclic) bond motifs is 1. The Labute approximate surface area is 158 Å². The van der Waals surface area contributed by atoms with Crippen molar-refractivity contribution in [2.24, 2.45) is 11.8 Å². The highest BCUT2D eigenvalue weighted by atomic mass is 16.5. The van der Waals surface area contributed by atoms with Crippen LogP contribution in [0.4, 0.5) is 0 Å². The van der Waals surface area contributed by atoms with Crippen LogP contribution in [0, 0.1) is 11.8 Å². The average Bonchev–Trinajstić information content (AvgIpc) is 2.78. The first-order valence-electron chi connectivity index (χ1n) is 16.8. The highest BCUT2D eigenvalue weighted by molar-refractivity contribution is 5.45. The third kappa shape index (κ3) is 1.88. The van der Waals surface area contributed by atoms with Crippen molar-refractivity contribution in [1.29, 1.82) is 0 Å². The van der Waals surface area contributed by atoms with Crippen LogP contribution >= 0.6 is 0 Å². The van der Waals surface area contributed by atoms with Gasteiger partial charge >= 0.3 is 0 Å². The SMILES string of the molecule is [2H]c1c([2H])c2c(c([2H])c1OC)[C@@]13C([2H])([2H])C([2H])([2H])N(C([2H])([2H])[2H])[C@@]([2H])(C2([2H])[2H])[C@@]1([2H])C([2H])([2H])C([2H])(C)C([2H])([2H])C3([2H])[2H]. The van der Waals surface area contributed by atoms with Crippen LogP contribution < -0.4 is 4.74 Å². The molecule has 0 N–H and O–H groups in total. The van der Waals surface area contributed by atoms with Crippen molar-refractivity contribution in [3.05, 3.63) is 29.3 Å². The molecule has 1 aliphatic heterocycles. The Balaban J connectivity index is 2.61. The number of likely N-dealkylation sites (N-methyl/N-ethyl adjacent to an activating group) is 1. The molecular weight excluding hydrogens is 258 g/mol. The van der Waals surface area contributed by atoms with E-state index in [2.05, 4.69) is 0 Å². The Hall–Kier alpha value is -1.02. The number of ether oxygens (including phenoxy) is 1. The summed E-state index contributed by atoms with van der Waals surface area (Å²) in [6, 6.07) is -7.98. The summed E-state index contributed by atoms with van der Waals surface area (Å²) in [5.41, 5.74) is -7.04. The van der Waals surface area contributed by atoms with Gasteiger partial charge in [-0.3, -0.25) is 0 Å². The van der Waals surface area contributed by atoms with E-state index in [1.165, 1.54) is 0 Å². The number of rotatable bonds is 1. The van der Waals surface area contributed by atoms with Gasteiger partial charge in [-0.25, -0.2) is 0 Å². The van der Waals surface area contributed by atoms with Crippen LogP contribution in [0.5, 0.6) is 5.75 Å². The largest absolute Gasteiger partial charge is 0.497 e. The van der Waals surface area contributed by atoms with Crippen LogP contribution in [-0.4, -0.2) is 31.5 Å². The van der Waals surface area contributed by atoms with Crippen LogP contribution in [0.3, 0.4) is 0 Å². The number of nitrogens with zero attached hydrogens (tertiary/aromatic N) is 1. The summed E-state index contributed by atoms with van der Waals surface area (Å²) in [6.45, 7) is -7.82. The fourth-order valence-corrected chi connectivity index (χ4v) is 2.55. The molecule has 0 radical (unpaired) electrons. The summed E-state index contributed by atoms with van der Waals surface area (Å²) in [5, 5.41) is 0. The standard InChI is InChI=1S/C19H27NO/c1-13-6-7-19-8-9-20(2)18(17(19)10-13)11-14-4-5-15(21-3)12-16(14)19/h4-5,12-13,17-18H,6-11H2,1-3H3/t13?,17-,18+,19-/m1/s1/i2D3,4D,5D,6D2,7D2,8D2,9D2,10D2,11D2,12D,13D,17D,18D. The molecule has 4 atom stereocenters. The quantitative estimate of drug-likeness (QED) is 0.785. The van der Waals surface area contributed by atoms with Crippen molar-refractivity contribution in [3.63, 3.8) is 0 Å². The van der Waals surface area contributed by atoms with Crippen molar-refractivity contribution in [1.82, 2.24) is 4.90 Å². The molecule has 0 spiro atoms. The van der Waals surface area contributed by atoms with Gasteiger partial charge in [-0.1, -0.05) is 13.0 Å². The second-order valence-corrected chi connectivity index (χ2v) is 4.83. The monoisotopic (exact) mass is 306 g/mol. The van der Waals surface area contributed by atoms with E-state index in [4.69, 9.17) is 30.8 Å². The Morgan fingerprint density at radius 2 is 2.43 bits per heavy atom. The molecule has 114 valence electrons. The van der Waals surface area contributed by atoms with Gasteiger partial charge in [-0.15, -0.1) is 0 Å². The first kappa shape index (κ1) is 3.72. The fraction of sp³-hybridized carbons (Fsp3) is 0.684. The maximum absolute atomic E-state index is 9.69. The van der Waals surface area contributed by atoms with E-state index < -0.39 is 108 Å². The van der Waals surface area contributed by atoms with E-state index in [1.807, 2.05) is 0 Å². The number of piperidine rings is 1. The molecule has 2 fully saturated rings. The van der Waals surface area contributed by atoms with E-state index in [0.29, 0.717) is 6.92 Å². The number of methoxy groups -OCH3 is 1. The zero-order valence-corrected chi connectivity index (χ0v) is 11.4. The summed E-state index contributed by atoms with van der Waals surface area (Å²) in [5.74, 6) is -8.76. The van der Waals surface area contributed by atoms with Gasteiger partial charge in [-0.05, 0) is 80.3 Å². The Bertz CT molecular complexity index is 1380. The third-order valence-corrected chi connectivity index (χ3v) is 3.55. The zero-order valence-electron chi connectivity index (χ0n) is 32.4. The van der Waals surface area contributed by atoms with Gasteiger partial charge in [0.25, 0.3) is 0 Å². The smallest absolute Gasteiger partial charge is 0.119 e. The third-order valence-electron chi connectivity index (χ3n) is 3.55. The van der Waals surface area contributed by atoms with Crippen molar-refractivity contribution < 1.29 is 33.5 Å². The van der Waals surface area contributed by atoms with Crippen LogP contribution in [-0.2, 0) is 11.8 Å². The summed E-state index contributed by atoms with van der Waals surface area (Å²) < 4.78 is 190. The average molecular weight is 307 g/mol. The van der Waals surface area contributed by atoms with E-state index in [1.54, 1.807) is 0 Å². The number of hydrogen-bond acceptors (Lipinski definition) is 2.